The lowest BCUT2D eigenvalue weighted by atomic mass is 10.1. The normalized spacial score (nSPS) is 14.5. The van der Waals surface area contributed by atoms with Gasteiger partial charge in [0.25, 0.3) is 0 Å². The van der Waals surface area contributed by atoms with Crippen molar-refractivity contribution >= 4 is 5.69 Å². The van der Waals surface area contributed by atoms with Crippen LogP contribution in [0, 0.1) is 0 Å². The highest BCUT2D eigenvalue weighted by Crippen LogP contribution is 2.32. The fourth-order valence-electron chi connectivity index (χ4n) is 5.00. The van der Waals surface area contributed by atoms with E-state index in [-0.39, 0.29) is 0 Å². The maximum atomic E-state index is 13.1. The Labute approximate surface area is 238 Å². The molecule has 1 aliphatic heterocycles. The molecule has 41 heavy (non-hydrogen) atoms. The molecule has 0 unspecified atom stereocenters. The number of ether oxygens (including phenoxy) is 1. The second kappa shape index (κ2) is 13.2. The highest BCUT2D eigenvalue weighted by Gasteiger charge is 2.31. The Morgan fingerprint density at radius 1 is 0.902 bits per heavy atom. The minimum Gasteiger partial charge on any atom is -0.489 e. The van der Waals surface area contributed by atoms with Gasteiger partial charge in [-0.05, 0) is 74.6 Å². The monoisotopic (exact) mass is 564 g/mol. The molecule has 4 aromatic rings. The smallest absolute Gasteiger partial charge is 0.416 e. The van der Waals surface area contributed by atoms with Crippen molar-refractivity contribution in [2.75, 3.05) is 51.2 Å². The summed E-state index contributed by atoms with van der Waals surface area (Å²) < 4.78 is 50.6. The number of rotatable bonds is 11. The summed E-state index contributed by atoms with van der Waals surface area (Å²) in [6.45, 7) is 6.14. The van der Waals surface area contributed by atoms with Crippen LogP contribution in [0.2, 0.25) is 0 Å². The molecule has 1 saturated heterocycles. The van der Waals surface area contributed by atoms with Gasteiger partial charge in [0.15, 0.2) is 5.76 Å². The van der Waals surface area contributed by atoms with Gasteiger partial charge < -0.3 is 14.2 Å². The molecule has 2 heterocycles. The molecular formula is C32H35F3N4O2. The van der Waals surface area contributed by atoms with Crippen molar-refractivity contribution in [1.29, 1.82) is 0 Å². The summed E-state index contributed by atoms with van der Waals surface area (Å²) in [5, 5.41) is 4.25. The van der Waals surface area contributed by atoms with Crippen molar-refractivity contribution in [3.8, 4) is 17.0 Å². The Kier molecular flexibility index (Phi) is 9.26. The number of benzene rings is 3. The van der Waals surface area contributed by atoms with Crippen LogP contribution >= 0.6 is 0 Å². The van der Waals surface area contributed by atoms with E-state index in [1.165, 1.54) is 12.1 Å². The number of alkyl halides is 3. The van der Waals surface area contributed by atoms with Gasteiger partial charge in [-0.2, -0.15) is 13.2 Å². The van der Waals surface area contributed by atoms with Gasteiger partial charge in [0, 0.05) is 43.5 Å². The summed E-state index contributed by atoms with van der Waals surface area (Å²) in [4.78, 5) is 6.62. The van der Waals surface area contributed by atoms with Gasteiger partial charge in [-0.25, -0.2) is 0 Å². The van der Waals surface area contributed by atoms with Crippen LogP contribution in [0.4, 0.5) is 18.9 Å². The molecule has 6 nitrogen and oxygen atoms in total. The zero-order valence-electron chi connectivity index (χ0n) is 23.2. The Bertz CT molecular complexity index is 1370. The van der Waals surface area contributed by atoms with Crippen LogP contribution in [0.5, 0.6) is 5.75 Å². The maximum absolute atomic E-state index is 13.1. The van der Waals surface area contributed by atoms with Crippen LogP contribution in [-0.4, -0.2) is 61.3 Å². The number of aromatic nitrogens is 1. The van der Waals surface area contributed by atoms with Crippen LogP contribution < -0.4 is 9.64 Å². The SMILES string of the molecule is CN(CCCN1CCN(c2cccc(C(F)(F)F)c2)CC1)Cc1cc(-c2ccc(OCc3ccccc3)cc2)no1. The van der Waals surface area contributed by atoms with Crippen LogP contribution in [0.15, 0.2) is 89.5 Å². The third-order valence-corrected chi connectivity index (χ3v) is 7.31. The van der Waals surface area contributed by atoms with E-state index in [9.17, 15) is 13.2 Å². The van der Waals surface area contributed by atoms with E-state index in [4.69, 9.17) is 9.26 Å². The maximum Gasteiger partial charge on any atom is 0.416 e. The van der Waals surface area contributed by atoms with Crippen molar-refractivity contribution in [2.24, 2.45) is 0 Å². The predicted octanol–water partition coefficient (Wildman–Crippen LogP) is 6.58. The Balaban J connectivity index is 1.02. The zero-order valence-corrected chi connectivity index (χ0v) is 23.2. The quantitative estimate of drug-likeness (QED) is 0.205. The van der Waals surface area contributed by atoms with E-state index in [0.717, 1.165) is 80.1 Å². The molecule has 5 rings (SSSR count). The van der Waals surface area contributed by atoms with E-state index < -0.39 is 11.7 Å². The first-order valence-corrected chi connectivity index (χ1v) is 13.9. The van der Waals surface area contributed by atoms with Crippen LogP contribution in [0.3, 0.4) is 0 Å². The number of hydrogen-bond acceptors (Lipinski definition) is 6. The average molecular weight is 565 g/mol. The summed E-state index contributed by atoms with van der Waals surface area (Å²) in [6.07, 6.45) is -3.33. The molecule has 1 aromatic heterocycles. The molecule has 0 saturated carbocycles. The van der Waals surface area contributed by atoms with Crippen molar-refractivity contribution < 1.29 is 22.4 Å². The van der Waals surface area contributed by atoms with Gasteiger partial charge in [-0.15, -0.1) is 0 Å². The van der Waals surface area contributed by atoms with Crippen LogP contribution in [0.25, 0.3) is 11.3 Å². The molecule has 0 spiro atoms. The second-order valence-corrected chi connectivity index (χ2v) is 10.4. The molecule has 0 N–H and O–H groups in total. The summed E-state index contributed by atoms with van der Waals surface area (Å²) >= 11 is 0. The van der Waals surface area contributed by atoms with Gasteiger partial charge >= 0.3 is 6.18 Å². The van der Waals surface area contributed by atoms with Crippen LogP contribution in [-0.2, 0) is 19.3 Å². The number of hydrogen-bond donors (Lipinski definition) is 0. The zero-order chi connectivity index (χ0) is 28.7. The molecule has 1 aliphatic rings. The fourth-order valence-corrected chi connectivity index (χ4v) is 5.00. The summed E-state index contributed by atoms with van der Waals surface area (Å²) in [5.41, 5.74) is 2.93. The van der Waals surface area contributed by atoms with Crippen molar-refractivity contribution in [1.82, 2.24) is 15.0 Å². The summed E-state index contributed by atoms with van der Waals surface area (Å²) in [7, 11) is 2.06. The van der Waals surface area contributed by atoms with Crippen LogP contribution in [0.1, 0.15) is 23.3 Å². The lowest BCUT2D eigenvalue weighted by Crippen LogP contribution is -2.47. The van der Waals surface area contributed by atoms with E-state index >= 15 is 0 Å². The molecule has 0 aliphatic carbocycles. The Morgan fingerprint density at radius 3 is 2.39 bits per heavy atom. The molecule has 9 heteroatoms. The third-order valence-electron chi connectivity index (χ3n) is 7.31. The van der Waals surface area contributed by atoms with Gasteiger partial charge in [-0.3, -0.25) is 9.80 Å². The largest absolute Gasteiger partial charge is 0.489 e. The van der Waals surface area contributed by atoms with Gasteiger partial charge in [-0.1, -0.05) is 41.6 Å². The molecule has 0 amide bonds. The van der Waals surface area contributed by atoms with Gasteiger partial charge in [0.05, 0.1) is 12.1 Å². The van der Waals surface area contributed by atoms with Gasteiger partial charge in [0.2, 0.25) is 0 Å². The van der Waals surface area contributed by atoms with E-state index in [2.05, 4.69) is 22.0 Å². The molecular weight excluding hydrogens is 529 g/mol. The van der Waals surface area contributed by atoms with Crippen molar-refractivity contribution in [3.05, 3.63) is 102 Å². The first kappa shape index (κ1) is 28.7. The van der Waals surface area contributed by atoms with E-state index in [1.54, 1.807) is 6.07 Å². The molecule has 1 fully saturated rings. The number of piperazine rings is 1. The Hall–Kier alpha value is -3.82. The van der Waals surface area contributed by atoms with Crippen molar-refractivity contribution in [3.63, 3.8) is 0 Å². The minimum absolute atomic E-state index is 0.524. The second-order valence-electron chi connectivity index (χ2n) is 10.4. The summed E-state index contributed by atoms with van der Waals surface area (Å²) in [5.74, 6) is 1.61. The topological polar surface area (TPSA) is 45.0 Å². The predicted molar refractivity (Wildman–Crippen MR) is 154 cm³/mol. The van der Waals surface area contributed by atoms with E-state index in [1.807, 2.05) is 65.6 Å². The molecule has 3 aromatic carbocycles. The average Bonchev–Trinajstić information content (AvgIpc) is 3.45. The number of halogens is 3. The number of anilines is 1. The molecule has 0 atom stereocenters. The lowest BCUT2D eigenvalue weighted by molar-refractivity contribution is -0.137. The first-order chi connectivity index (χ1) is 19.8. The number of nitrogens with zero attached hydrogens (tertiary/aromatic N) is 4. The first-order valence-electron chi connectivity index (χ1n) is 13.9. The highest BCUT2D eigenvalue weighted by molar-refractivity contribution is 5.59. The molecule has 0 bridgehead atoms. The van der Waals surface area contributed by atoms with Gasteiger partial charge in [0.1, 0.15) is 18.1 Å². The fraction of sp³-hybridized carbons (Fsp3) is 0.344. The lowest BCUT2D eigenvalue weighted by Gasteiger charge is -2.36. The minimum atomic E-state index is -4.32. The standard InChI is InChI=1S/C32H35F3N4O2/c1-37(15-6-16-38-17-19-39(20-18-38)28-10-5-9-27(21-28)32(33,34)35)23-30-22-31(36-41-30)26-11-13-29(14-12-26)40-24-25-7-3-2-4-8-25/h2-5,7-14,21-22H,6,15-20,23-24H2,1H3. The third kappa shape index (κ3) is 8.11. The van der Waals surface area contributed by atoms with E-state index in [0.29, 0.717) is 18.8 Å². The van der Waals surface area contributed by atoms with Crippen molar-refractivity contribution in [2.45, 2.75) is 25.7 Å². The summed E-state index contributed by atoms with van der Waals surface area (Å²) in [6, 6.07) is 25.5. The molecule has 0 radical (unpaired) electrons. The Morgan fingerprint density at radius 2 is 1.66 bits per heavy atom. The highest BCUT2D eigenvalue weighted by atomic mass is 19.4. The molecule has 216 valence electrons.